The maximum absolute atomic E-state index is 5.86. The quantitative estimate of drug-likeness (QED) is 0.595. The molecular formula is C10H18OSi. The van der Waals surface area contributed by atoms with Gasteiger partial charge < -0.3 is 4.43 Å². The summed E-state index contributed by atoms with van der Waals surface area (Å²) in [6.07, 6.45) is 7.66. The van der Waals surface area contributed by atoms with Crippen LogP contribution in [0.25, 0.3) is 0 Å². The molecule has 1 aliphatic rings. The lowest BCUT2D eigenvalue weighted by molar-refractivity contribution is 0.429. The van der Waals surface area contributed by atoms with Crippen molar-refractivity contribution in [3.63, 3.8) is 0 Å². The molecule has 1 aliphatic carbocycles. The molecule has 0 aromatic rings. The molecule has 0 N–H and O–H groups in total. The van der Waals surface area contributed by atoms with Crippen LogP contribution in [0.1, 0.15) is 13.3 Å². The lowest BCUT2D eigenvalue weighted by Gasteiger charge is -2.22. The van der Waals surface area contributed by atoms with Gasteiger partial charge in [0.1, 0.15) is 0 Å². The number of hydrogen-bond donors (Lipinski definition) is 0. The fourth-order valence-corrected chi connectivity index (χ4v) is 2.07. The first-order valence-corrected chi connectivity index (χ1v) is 7.95. The van der Waals surface area contributed by atoms with E-state index < -0.39 is 8.32 Å². The van der Waals surface area contributed by atoms with Crippen LogP contribution < -0.4 is 0 Å². The predicted octanol–water partition coefficient (Wildman–Crippen LogP) is 3.32. The monoisotopic (exact) mass is 182 g/mol. The second-order valence-corrected chi connectivity index (χ2v) is 8.83. The molecule has 0 fully saturated rings. The molecule has 0 aromatic carbocycles. The Morgan fingerprint density at radius 1 is 1.42 bits per heavy atom. The van der Waals surface area contributed by atoms with E-state index in [9.17, 15) is 0 Å². The number of rotatable bonds is 2. The van der Waals surface area contributed by atoms with Crippen molar-refractivity contribution in [2.45, 2.75) is 33.0 Å². The Balaban J connectivity index is 2.58. The highest BCUT2D eigenvalue weighted by Gasteiger charge is 2.17. The van der Waals surface area contributed by atoms with Crippen LogP contribution in [0.15, 0.2) is 24.0 Å². The maximum Gasteiger partial charge on any atom is 0.242 e. The van der Waals surface area contributed by atoms with E-state index >= 15 is 0 Å². The number of hydrogen-bond acceptors (Lipinski definition) is 1. The first-order chi connectivity index (χ1) is 5.47. The third-order valence-corrected chi connectivity index (χ3v) is 2.51. The fourth-order valence-electron chi connectivity index (χ4n) is 1.22. The molecule has 0 heterocycles. The van der Waals surface area contributed by atoms with Crippen molar-refractivity contribution >= 4 is 8.32 Å². The van der Waals surface area contributed by atoms with Gasteiger partial charge in [0.2, 0.25) is 8.32 Å². The molecule has 12 heavy (non-hydrogen) atoms. The topological polar surface area (TPSA) is 9.23 Å². The van der Waals surface area contributed by atoms with E-state index in [-0.39, 0.29) is 0 Å². The van der Waals surface area contributed by atoms with Crippen molar-refractivity contribution in [1.82, 2.24) is 0 Å². The van der Waals surface area contributed by atoms with Gasteiger partial charge in [-0.25, -0.2) is 0 Å². The summed E-state index contributed by atoms with van der Waals surface area (Å²) in [4.78, 5) is 0. The Morgan fingerprint density at radius 3 is 2.58 bits per heavy atom. The van der Waals surface area contributed by atoms with Crippen molar-refractivity contribution in [3.8, 4) is 0 Å². The summed E-state index contributed by atoms with van der Waals surface area (Å²) >= 11 is 0. The summed E-state index contributed by atoms with van der Waals surface area (Å²) in [5, 5.41) is 0. The van der Waals surface area contributed by atoms with Crippen molar-refractivity contribution in [1.29, 1.82) is 0 Å². The molecule has 1 unspecified atom stereocenters. The number of allylic oxidation sites excluding steroid dienone is 3. The summed E-state index contributed by atoms with van der Waals surface area (Å²) in [6, 6.07) is 0. The van der Waals surface area contributed by atoms with E-state index in [0.29, 0.717) is 5.92 Å². The van der Waals surface area contributed by atoms with Crippen molar-refractivity contribution in [3.05, 3.63) is 24.0 Å². The summed E-state index contributed by atoms with van der Waals surface area (Å²) in [5.74, 6) is 1.72. The van der Waals surface area contributed by atoms with Crippen LogP contribution in [-0.2, 0) is 4.43 Å². The van der Waals surface area contributed by atoms with Gasteiger partial charge in [0.05, 0.1) is 5.76 Å². The lowest BCUT2D eigenvalue weighted by atomic mass is 10.0. The highest BCUT2D eigenvalue weighted by Crippen LogP contribution is 2.19. The van der Waals surface area contributed by atoms with Crippen LogP contribution in [0, 0.1) is 5.92 Å². The van der Waals surface area contributed by atoms with Crippen molar-refractivity contribution in [2.75, 3.05) is 0 Å². The van der Waals surface area contributed by atoms with E-state index in [2.05, 4.69) is 44.8 Å². The molecule has 0 saturated heterocycles. The van der Waals surface area contributed by atoms with Gasteiger partial charge >= 0.3 is 0 Å². The Kier molecular flexibility index (Phi) is 2.78. The van der Waals surface area contributed by atoms with Crippen LogP contribution in [0.4, 0.5) is 0 Å². The molecule has 1 nitrogen and oxygen atoms in total. The summed E-state index contributed by atoms with van der Waals surface area (Å²) in [7, 11) is -1.39. The zero-order valence-electron chi connectivity index (χ0n) is 8.42. The van der Waals surface area contributed by atoms with Crippen LogP contribution >= 0.6 is 0 Å². The third kappa shape index (κ3) is 3.26. The standard InChI is InChI=1S/C10H18OSi/c1-9-6-5-7-10(8-9)11-12(2,3)4/h5,7-9H,6H2,1-4H3. The van der Waals surface area contributed by atoms with Gasteiger partial charge in [-0.15, -0.1) is 0 Å². The SMILES string of the molecule is CC1C=C(O[Si](C)(C)C)C=CC1. The minimum absolute atomic E-state index is 0.640. The molecule has 0 spiro atoms. The highest BCUT2D eigenvalue weighted by atomic mass is 28.4. The Morgan fingerprint density at radius 2 is 2.08 bits per heavy atom. The Bertz CT molecular complexity index is 210. The molecule has 68 valence electrons. The highest BCUT2D eigenvalue weighted by molar-refractivity contribution is 6.70. The Hall–Kier alpha value is -0.503. The first-order valence-electron chi connectivity index (χ1n) is 4.55. The van der Waals surface area contributed by atoms with Gasteiger partial charge in [-0.1, -0.05) is 13.0 Å². The molecule has 1 rings (SSSR count). The molecule has 0 saturated carbocycles. The fraction of sp³-hybridized carbons (Fsp3) is 0.600. The lowest BCUT2D eigenvalue weighted by Crippen LogP contribution is -2.25. The van der Waals surface area contributed by atoms with Gasteiger partial charge in [-0.2, -0.15) is 0 Å². The average Bonchev–Trinajstić information content (AvgIpc) is 1.82. The van der Waals surface area contributed by atoms with Gasteiger partial charge in [-0.05, 0) is 44.1 Å². The molecule has 0 aromatic heterocycles. The summed E-state index contributed by atoms with van der Waals surface area (Å²) < 4.78 is 5.86. The Labute approximate surface area is 76.3 Å². The maximum atomic E-state index is 5.86. The van der Waals surface area contributed by atoms with Gasteiger partial charge in [0.15, 0.2) is 0 Å². The second-order valence-electron chi connectivity index (χ2n) is 4.40. The molecule has 1 atom stereocenters. The molecule has 0 amide bonds. The van der Waals surface area contributed by atoms with Crippen molar-refractivity contribution < 1.29 is 4.43 Å². The first kappa shape index (κ1) is 9.58. The largest absolute Gasteiger partial charge is 0.545 e. The van der Waals surface area contributed by atoms with E-state index in [1.165, 1.54) is 0 Å². The molecule has 0 bridgehead atoms. The smallest absolute Gasteiger partial charge is 0.242 e. The van der Waals surface area contributed by atoms with Crippen LogP contribution in [0.5, 0.6) is 0 Å². The third-order valence-electron chi connectivity index (χ3n) is 1.66. The minimum Gasteiger partial charge on any atom is -0.545 e. The second kappa shape index (κ2) is 3.48. The van der Waals surface area contributed by atoms with E-state index in [1.807, 2.05) is 0 Å². The molecule has 2 heteroatoms. The van der Waals surface area contributed by atoms with Crippen molar-refractivity contribution in [2.24, 2.45) is 5.92 Å². The minimum atomic E-state index is -1.39. The average molecular weight is 182 g/mol. The van der Waals surface area contributed by atoms with Gasteiger partial charge in [0.25, 0.3) is 0 Å². The molecular weight excluding hydrogens is 164 g/mol. The summed E-state index contributed by atoms with van der Waals surface area (Å²) in [6.45, 7) is 8.85. The summed E-state index contributed by atoms with van der Waals surface area (Å²) in [5.41, 5.74) is 0. The molecule has 0 radical (unpaired) electrons. The zero-order valence-corrected chi connectivity index (χ0v) is 9.42. The normalized spacial score (nSPS) is 23.7. The van der Waals surface area contributed by atoms with Crippen LogP contribution in [0.3, 0.4) is 0 Å². The molecule has 0 aliphatic heterocycles. The van der Waals surface area contributed by atoms with Gasteiger partial charge in [0, 0.05) is 0 Å². The zero-order chi connectivity index (χ0) is 9.19. The van der Waals surface area contributed by atoms with Crippen LogP contribution in [-0.4, -0.2) is 8.32 Å². The van der Waals surface area contributed by atoms with Gasteiger partial charge in [-0.3, -0.25) is 0 Å². The van der Waals surface area contributed by atoms with E-state index in [4.69, 9.17) is 4.43 Å². The van der Waals surface area contributed by atoms with Crippen LogP contribution in [0.2, 0.25) is 19.6 Å². The van der Waals surface area contributed by atoms with E-state index in [1.54, 1.807) is 0 Å². The predicted molar refractivity (Wildman–Crippen MR) is 55.4 cm³/mol. The van der Waals surface area contributed by atoms with E-state index in [0.717, 1.165) is 12.2 Å².